The molecule has 4 heteroatoms. The average molecular weight is 216 g/mol. The molecule has 0 N–H and O–H groups in total. The minimum Gasteiger partial charge on any atom is -0.298 e. The van der Waals surface area contributed by atoms with E-state index in [1.54, 1.807) is 13.8 Å². The van der Waals surface area contributed by atoms with Crippen molar-refractivity contribution in [2.75, 3.05) is 0 Å². The second-order valence-electron chi connectivity index (χ2n) is 3.62. The van der Waals surface area contributed by atoms with Gasteiger partial charge in [0.05, 0.1) is 5.56 Å². The first kappa shape index (κ1) is 11.8. The van der Waals surface area contributed by atoms with Gasteiger partial charge in [0.1, 0.15) is 6.29 Å². The minimum absolute atomic E-state index is 0.0479. The number of alkyl halides is 3. The van der Waals surface area contributed by atoms with Gasteiger partial charge in [0.25, 0.3) is 0 Å². The van der Waals surface area contributed by atoms with E-state index in [2.05, 4.69) is 0 Å². The Morgan fingerprint density at radius 2 is 1.87 bits per heavy atom. The highest BCUT2D eigenvalue weighted by molar-refractivity contribution is 5.75. The first-order chi connectivity index (χ1) is 6.86. The Labute approximate surface area is 85.9 Å². The molecule has 0 aliphatic carbocycles. The van der Waals surface area contributed by atoms with Crippen molar-refractivity contribution in [3.63, 3.8) is 0 Å². The summed E-state index contributed by atoms with van der Waals surface area (Å²) in [5, 5.41) is 0. The number of aldehydes is 1. The maximum absolute atomic E-state index is 12.6. The average Bonchev–Trinajstić information content (AvgIpc) is 2.15. The Morgan fingerprint density at radius 3 is 2.27 bits per heavy atom. The summed E-state index contributed by atoms with van der Waals surface area (Å²) < 4.78 is 37.8. The highest BCUT2D eigenvalue weighted by atomic mass is 19.4. The smallest absolute Gasteiger partial charge is 0.298 e. The fourth-order valence-corrected chi connectivity index (χ4v) is 1.40. The van der Waals surface area contributed by atoms with Crippen LogP contribution in [0.5, 0.6) is 0 Å². The third-order valence-corrected chi connectivity index (χ3v) is 2.14. The molecule has 0 amide bonds. The van der Waals surface area contributed by atoms with Crippen LogP contribution >= 0.6 is 0 Å². The van der Waals surface area contributed by atoms with Gasteiger partial charge in [0.15, 0.2) is 0 Å². The molecule has 0 heterocycles. The predicted molar refractivity (Wildman–Crippen MR) is 50.9 cm³/mol. The number of benzene rings is 1. The number of rotatable bonds is 2. The van der Waals surface area contributed by atoms with Crippen LogP contribution in [-0.2, 0) is 6.18 Å². The lowest BCUT2D eigenvalue weighted by atomic mass is 9.95. The van der Waals surface area contributed by atoms with Gasteiger partial charge in [0.2, 0.25) is 0 Å². The molecule has 0 unspecified atom stereocenters. The van der Waals surface area contributed by atoms with Gasteiger partial charge >= 0.3 is 6.18 Å². The van der Waals surface area contributed by atoms with Crippen LogP contribution in [0.3, 0.4) is 0 Å². The second-order valence-corrected chi connectivity index (χ2v) is 3.62. The van der Waals surface area contributed by atoms with Gasteiger partial charge in [-0.25, -0.2) is 0 Å². The van der Waals surface area contributed by atoms with Crippen molar-refractivity contribution in [2.24, 2.45) is 0 Å². The lowest BCUT2D eigenvalue weighted by Gasteiger charge is -2.15. The van der Waals surface area contributed by atoms with Crippen LogP contribution in [-0.4, -0.2) is 6.29 Å². The molecule has 0 bridgehead atoms. The number of hydrogen-bond acceptors (Lipinski definition) is 1. The van der Waals surface area contributed by atoms with Gasteiger partial charge in [-0.3, -0.25) is 4.79 Å². The standard InChI is InChI=1S/C11H11F3O/c1-7(2)9-4-3-8(6-15)5-10(9)11(12,13)14/h3-7H,1-2H3. The van der Waals surface area contributed by atoms with Gasteiger partial charge in [0, 0.05) is 5.56 Å². The Morgan fingerprint density at radius 1 is 1.27 bits per heavy atom. The minimum atomic E-state index is -4.40. The summed E-state index contributed by atoms with van der Waals surface area (Å²) >= 11 is 0. The fourth-order valence-electron chi connectivity index (χ4n) is 1.40. The molecule has 0 atom stereocenters. The first-order valence-electron chi connectivity index (χ1n) is 4.52. The summed E-state index contributed by atoms with van der Waals surface area (Å²) in [5.74, 6) is -0.220. The molecule has 0 aliphatic heterocycles. The fraction of sp³-hybridized carbons (Fsp3) is 0.364. The largest absolute Gasteiger partial charge is 0.416 e. The van der Waals surface area contributed by atoms with Crippen molar-refractivity contribution in [1.29, 1.82) is 0 Å². The SMILES string of the molecule is CC(C)c1ccc(C=O)cc1C(F)(F)F. The number of hydrogen-bond donors (Lipinski definition) is 0. The summed E-state index contributed by atoms with van der Waals surface area (Å²) in [4.78, 5) is 10.4. The van der Waals surface area contributed by atoms with Crippen molar-refractivity contribution in [3.05, 3.63) is 34.9 Å². The number of carbonyl (C=O) groups excluding carboxylic acids is 1. The van der Waals surface area contributed by atoms with Crippen LogP contribution in [0.25, 0.3) is 0 Å². The van der Waals surface area contributed by atoms with E-state index in [-0.39, 0.29) is 17.0 Å². The maximum atomic E-state index is 12.6. The molecule has 0 spiro atoms. The number of halogens is 3. The molecule has 0 saturated heterocycles. The topological polar surface area (TPSA) is 17.1 Å². The summed E-state index contributed by atoms with van der Waals surface area (Å²) in [6.45, 7) is 3.37. The third kappa shape index (κ3) is 2.58. The zero-order valence-electron chi connectivity index (χ0n) is 8.43. The van der Waals surface area contributed by atoms with Crippen LogP contribution in [0.15, 0.2) is 18.2 Å². The maximum Gasteiger partial charge on any atom is 0.416 e. The van der Waals surface area contributed by atoms with E-state index in [4.69, 9.17) is 0 Å². The van der Waals surface area contributed by atoms with Crippen molar-refractivity contribution in [3.8, 4) is 0 Å². The van der Waals surface area contributed by atoms with E-state index < -0.39 is 11.7 Å². The summed E-state index contributed by atoms with van der Waals surface area (Å²) in [7, 11) is 0. The molecular formula is C11H11F3O. The molecule has 0 aliphatic rings. The zero-order chi connectivity index (χ0) is 11.6. The van der Waals surface area contributed by atoms with E-state index >= 15 is 0 Å². The Hall–Kier alpha value is -1.32. The first-order valence-corrected chi connectivity index (χ1v) is 4.52. The molecule has 15 heavy (non-hydrogen) atoms. The summed E-state index contributed by atoms with van der Waals surface area (Å²) in [5.41, 5.74) is -0.457. The molecule has 0 saturated carbocycles. The molecule has 82 valence electrons. The van der Waals surface area contributed by atoms with Crippen LogP contribution in [0, 0.1) is 0 Å². The Kier molecular flexibility index (Phi) is 3.17. The van der Waals surface area contributed by atoms with Crippen LogP contribution in [0.4, 0.5) is 13.2 Å². The lowest BCUT2D eigenvalue weighted by molar-refractivity contribution is -0.138. The third-order valence-electron chi connectivity index (χ3n) is 2.14. The second kappa shape index (κ2) is 4.04. The summed E-state index contributed by atoms with van der Waals surface area (Å²) in [6.07, 6.45) is -3.99. The summed E-state index contributed by atoms with van der Waals surface area (Å²) in [6, 6.07) is 3.65. The molecule has 1 aromatic carbocycles. The molecule has 1 aromatic rings. The molecule has 1 nitrogen and oxygen atoms in total. The van der Waals surface area contributed by atoms with Gasteiger partial charge in [-0.1, -0.05) is 26.0 Å². The van der Waals surface area contributed by atoms with Crippen LogP contribution in [0.2, 0.25) is 0 Å². The van der Waals surface area contributed by atoms with Crippen LogP contribution in [0.1, 0.15) is 41.3 Å². The molecule has 1 rings (SSSR count). The van der Waals surface area contributed by atoms with E-state index in [1.807, 2.05) is 0 Å². The normalized spacial score (nSPS) is 11.9. The Bertz CT molecular complexity index is 367. The van der Waals surface area contributed by atoms with E-state index in [0.717, 1.165) is 6.07 Å². The number of carbonyl (C=O) groups is 1. The quantitative estimate of drug-likeness (QED) is 0.690. The highest BCUT2D eigenvalue weighted by Gasteiger charge is 2.34. The van der Waals surface area contributed by atoms with Gasteiger partial charge < -0.3 is 0 Å². The Balaban J connectivity index is 3.35. The van der Waals surface area contributed by atoms with E-state index in [9.17, 15) is 18.0 Å². The molecule has 0 aromatic heterocycles. The van der Waals surface area contributed by atoms with Crippen LogP contribution < -0.4 is 0 Å². The van der Waals surface area contributed by atoms with Crippen molar-refractivity contribution in [1.82, 2.24) is 0 Å². The van der Waals surface area contributed by atoms with Crippen molar-refractivity contribution >= 4 is 6.29 Å². The van der Waals surface area contributed by atoms with E-state index in [1.165, 1.54) is 12.1 Å². The van der Waals surface area contributed by atoms with Gasteiger partial charge in [-0.05, 0) is 17.5 Å². The van der Waals surface area contributed by atoms with E-state index in [0.29, 0.717) is 6.29 Å². The van der Waals surface area contributed by atoms with Crippen molar-refractivity contribution in [2.45, 2.75) is 25.9 Å². The molecular weight excluding hydrogens is 205 g/mol. The predicted octanol–water partition coefficient (Wildman–Crippen LogP) is 3.64. The lowest BCUT2D eigenvalue weighted by Crippen LogP contribution is -2.10. The monoisotopic (exact) mass is 216 g/mol. The zero-order valence-corrected chi connectivity index (χ0v) is 8.43. The molecule has 0 fully saturated rings. The van der Waals surface area contributed by atoms with Crippen molar-refractivity contribution < 1.29 is 18.0 Å². The molecule has 0 radical (unpaired) electrons. The van der Waals surface area contributed by atoms with Gasteiger partial charge in [-0.15, -0.1) is 0 Å². The highest BCUT2D eigenvalue weighted by Crippen LogP contribution is 2.35. The van der Waals surface area contributed by atoms with Gasteiger partial charge in [-0.2, -0.15) is 13.2 Å².